The zero-order valence-electron chi connectivity index (χ0n) is 11.1. The number of hydrogen-bond acceptors (Lipinski definition) is 4. The van der Waals surface area contributed by atoms with E-state index in [4.69, 9.17) is 15.6 Å². The number of ether oxygens (including phenoxy) is 1. The highest BCUT2D eigenvalue weighted by molar-refractivity contribution is 5.47. The molecule has 0 saturated carbocycles. The van der Waals surface area contributed by atoms with Crippen molar-refractivity contribution in [1.82, 2.24) is 0 Å². The minimum Gasteiger partial charge on any atom is -0.398 e. The van der Waals surface area contributed by atoms with E-state index in [1.54, 1.807) is 18.2 Å². The average molecular weight is 273 g/mol. The fourth-order valence-electron chi connectivity index (χ4n) is 2.07. The number of nitrogen functional groups attached to an aromatic ring is 1. The predicted octanol–water partition coefficient (Wildman–Crippen LogP) is 2.40. The minimum atomic E-state index is -1.05. The summed E-state index contributed by atoms with van der Waals surface area (Å²) in [6.07, 6.45) is -1.12. The van der Waals surface area contributed by atoms with Gasteiger partial charge in [-0.05, 0) is 6.07 Å². The normalized spacial score (nSPS) is 13.9. The van der Waals surface area contributed by atoms with Gasteiger partial charge in [0.15, 0.2) is 6.29 Å². The van der Waals surface area contributed by atoms with Gasteiger partial charge in [0.25, 0.3) is 0 Å². The Bertz CT molecular complexity index is 530. The predicted molar refractivity (Wildman–Crippen MR) is 77.8 cm³/mol. The molecule has 1 unspecified atom stereocenters. The first kappa shape index (κ1) is 14.5. The van der Waals surface area contributed by atoms with Crippen LogP contribution in [-0.4, -0.2) is 16.8 Å². The molecule has 0 aliphatic rings. The second kappa shape index (κ2) is 7.05. The van der Waals surface area contributed by atoms with E-state index in [0.717, 1.165) is 5.56 Å². The van der Waals surface area contributed by atoms with E-state index in [0.29, 0.717) is 17.7 Å². The largest absolute Gasteiger partial charge is 0.398 e. The molecule has 0 saturated heterocycles. The fourth-order valence-corrected chi connectivity index (χ4v) is 2.07. The molecule has 106 valence electrons. The highest BCUT2D eigenvalue weighted by Crippen LogP contribution is 2.30. The minimum absolute atomic E-state index is 0.0412. The first-order valence-electron chi connectivity index (χ1n) is 6.56. The maximum atomic E-state index is 10.1. The summed E-state index contributed by atoms with van der Waals surface area (Å²) >= 11 is 0. The van der Waals surface area contributed by atoms with E-state index in [9.17, 15) is 5.11 Å². The van der Waals surface area contributed by atoms with Gasteiger partial charge >= 0.3 is 0 Å². The van der Waals surface area contributed by atoms with Crippen molar-refractivity contribution in [2.24, 2.45) is 0 Å². The Hall–Kier alpha value is -1.88. The quantitative estimate of drug-likeness (QED) is 0.558. The molecule has 4 heteroatoms. The summed E-state index contributed by atoms with van der Waals surface area (Å²) in [5.74, 6) is 0. The van der Waals surface area contributed by atoms with Crippen molar-refractivity contribution >= 4 is 5.69 Å². The molecule has 0 aliphatic carbocycles. The first-order valence-corrected chi connectivity index (χ1v) is 6.56. The van der Waals surface area contributed by atoms with Gasteiger partial charge in [0, 0.05) is 29.8 Å². The maximum absolute atomic E-state index is 10.1. The molecule has 4 nitrogen and oxygen atoms in total. The van der Waals surface area contributed by atoms with Crippen LogP contribution in [0.4, 0.5) is 5.69 Å². The molecule has 4 N–H and O–H groups in total. The molecule has 0 aliphatic heterocycles. The van der Waals surface area contributed by atoms with Crippen LogP contribution in [0, 0.1) is 0 Å². The lowest BCUT2D eigenvalue weighted by Gasteiger charge is -2.22. The number of hydrogen-bond donors (Lipinski definition) is 3. The van der Waals surface area contributed by atoms with Crippen molar-refractivity contribution in [2.75, 3.05) is 12.3 Å². The molecule has 0 spiro atoms. The number of benzene rings is 2. The van der Waals surface area contributed by atoms with Crippen LogP contribution < -0.4 is 5.73 Å². The van der Waals surface area contributed by atoms with Crippen LogP contribution in [0.15, 0.2) is 54.6 Å². The molecule has 0 heterocycles. The second-order valence-corrected chi connectivity index (χ2v) is 4.53. The molecule has 2 atom stereocenters. The molecule has 2 aromatic carbocycles. The van der Waals surface area contributed by atoms with Crippen LogP contribution in [0.25, 0.3) is 0 Å². The summed E-state index contributed by atoms with van der Waals surface area (Å²) in [5, 5.41) is 19.3. The molecule has 0 radical (unpaired) electrons. The van der Waals surface area contributed by atoms with Crippen molar-refractivity contribution in [3.05, 3.63) is 65.7 Å². The summed E-state index contributed by atoms with van der Waals surface area (Å²) in [7, 11) is 0. The van der Waals surface area contributed by atoms with Crippen LogP contribution >= 0.6 is 0 Å². The SMILES string of the molecule is Nc1ccccc1[C@@H](CCO)OC(O)c1ccccc1. The van der Waals surface area contributed by atoms with Crippen molar-refractivity contribution in [2.45, 2.75) is 18.8 Å². The van der Waals surface area contributed by atoms with Gasteiger partial charge in [0.05, 0.1) is 6.10 Å². The van der Waals surface area contributed by atoms with Gasteiger partial charge in [0.2, 0.25) is 0 Å². The third-order valence-corrected chi connectivity index (χ3v) is 3.11. The van der Waals surface area contributed by atoms with Crippen LogP contribution in [-0.2, 0) is 4.74 Å². The summed E-state index contributed by atoms with van der Waals surface area (Å²) < 4.78 is 5.66. The lowest BCUT2D eigenvalue weighted by molar-refractivity contribution is -0.146. The van der Waals surface area contributed by atoms with E-state index in [1.807, 2.05) is 36.4 Å². The average Bonchev–Trinajstić information content (AvgIpc) is 2.48. The lowest BCUT2D eigenvalue weighted by Crippen LogP contribution is -2.13. The lowest BCUT2D eigenvalue weighted by atomic mass is 10.0. The molecule has 2 rings (SSSR count). The Morgan fingerprint density at radius 2 is 1.65 bits per heavy atom. The second-order valence-electron chi connectivity index (χ2n) is 4.53. The summed E-state index contributed by atoms with van der Waals surface area (Å²) in [6.45, 7) is -0.0412. The summed E-state index contributed by atoms with van der Waals surface area (Å²) in [4.78, 5) is 0. The smallest absolute Gasteiger partial charge is 0.181 e. The van der Waals surface area contributed by atoms with Gasteiger partial charge in [-0.3, -0.25) is 0 Å². The molecule has 20 heavy (non-hydrogen) atoms. The summed E-state index contributed by atoms with van der Waals surface area (Å²) in [6, 6.07) is 16.4. The third-order valence-electron chi connectivity index (χ3n) is 3.11. The van der Waals surface area contributed by atoms with Gasteiger partial charge in [-0.1, -0.05) is 48.5 Å². The Kier molecular flexibility index (Phi) is 5.12. The molecule has 0 fully saturated rings. The number of para-hydroxylation sites is 1. The van der Waals surface area contributed by atoms with Crippen LogP contribution in [0.1, 0.15) is 29.9 Å². The molecular formula is C16H19NO3. The van der Waals surface area contributed by atoms with Gasteiger partial charge in [-0.25, -0.2) is 0 Å². The van der Waals surface area contributed by atoms with Crippen molar-refractivity contribution in [1.29, 1.82) is 0 Å². The van der Waals surface area contributed by atoms with Crippen LogP contribution in [0.5, 0.6) is 0 Å². The number of nitrogens with two attached hydrogens (primary N) is 1. The molecule has 0 amide bonds. The van der Waals surface area contributed by atoms with Gasteiger partial charge in [-0.15, -0.1) is 0 Å². The van der Waals surface area contributed by atoms with Gasteiger partial charge in [-0.2, -0.15) is 0 Å². The van der Waals surface area contributed by atoms with E-state index >= 15 is 0 Å². The van der Waals surface area contributed by atoms with E-state index in [-0.39, 0.29) is 6.61 Å². The Morgan fingerprint density at radius 3 is 2.30 bits per heavy atom. The number of aliphatic hydroxyl groups is 2. The number of rotatable bonds is 6. The van der Waals surface area contributed by atoms with E-state index < -0.39 is 12.4 Å². The monoisotopic (exact) mass is 273 g/mol. The van der Waals surface area contributed by atoms with Gasteiger partial charge in [0.1, 0.15) is 0 Å². The zero-order valence-corrected chi connectivity index (χ0v) is 11.1. The fraction of sp³-hybridized carbons (Fsp3) is 0.250. The maximum Gasteiger partial charge on any atom is 0.181 e. The van der Waals surface area contributed by atoms with Crippen LogP contribution in [0.3, 0.4) is 0 Å². The van der Waals surface area contributed by atoms with E-state index in [1.165, 1.54) is 0 Å². The standard InChI is InChI=1S/C16H19NO3/c17-14-9-5-4-8-13(14)15(10-11-18)20-16(19)12-6-2-1-3-7-12/h1-9,15-16,18-19H,10-11,17H2/t15-,16?/m1/s1. The van der Waals surface area contributed by atoms with Crippen molar-refractivity contribution in [3.63, 3.8) is 0 Å². The molecule has 2 aromatic rings. The topological polar surface area (TPSA) is 75.7 Å². The number of aliphatic hydroxyl groups excluding tert-OH is 2. The highest BCUT2D eigenvalue weighted by atomic mass is 16.6. The third kappa shape index (κ3) is 3.57. The highest BCUT2D eigenvalue weighted by Gasteiger charge is 2.19. The van der Waals surface area contributed by atoms with E-state index in [2.05, 4.69) is 0 Å². The zero-order chi connectivity index (χ0) is 14.4. The van der Waals surface area contributed by atoms with Gasteiger partial charge < -0.3 is 20.7 Å². The van der Waals surface area contributed by atoms with Crippen LogP contribution in [0.2, 0.25) is 0 Å². The first-order chi connectivity index (χ1) is 9.72. The Balaban J connectivity index is 2.16. The summed E-state index contributed by atoms with van der Waals surface area (Å²) in [5.41, 5.74) is 7.96. The van der Waals surface area contributed by atoms with Crippen molar-refractivity contribution in [3.8, 4) is 0 Å². The Labute approximate surface area is 118 Å². The molecular weight excluding hydrogens is 254 g/mol. The van der Waals surface area contributed by atoms with Crippen molar-refractivity contribution < 1.29 is 14.9 Å². The molecule has 0 bridgehead atoms. The number of anilines is 1. The Morgan fingerprint density at radius 1 is 1.00 bits per heavy atom. The molecule has 0 aromatic heterocycles.